The van der Waals surface area contributed by atoms with Crippen molar-refractivity contribution in [3.8, 4) is 0 Å². The van der Waals surface area contributed by atoms with Crippen molar-refractivity contribution in [3.05, 3.63) is 21.5 Å². The van der Waals surface area contributed by atoms with Crippen LogP contribution in [0.2, 0.25) is 0 Å². The summed E-state index contributed by atoms with van der Waals surface area (Å²) in [7, 11) is 9.81. The van der Waals surface area contributed by atoms with E-state index in [-0.39, 0.29) is 47.0 Å². The number of nitrogens with zero attached hydrogens (tertiary/aromatic N) is 2. The molecular weight excluding hydrogens is 371 g/mol. The summed E-state index contributed by atoms with van der Waals surface area (Å²) in [5.74, 6) is 0. The normalized spacial score (nSPS) is 18.5. The summed E-state index contributed by atoms with van der Waals surface area (Å²) in [5, 5.41) is 0. The van der Waals surface area contributed by atoms with Crippen LogP contribution in [0.1, 0.15) is 12.8 Å². The average molecular weight is 390 g/mol. The molecule has 1 fully saturated rings. The maximum absolute atomic E-state index is 3.89. The molecule has 0 amide bonds. The summed E-state index contributed by atoms with van der Waals surface area (Å²) in [4.78, 5) is 4.19. The average Bonchev–Trinajstić information content (AvgIpc) is 1.88. The van der Waals surface area contributed by atoms with E-state index in [1.165, 1.54) is 12.8 Å². The van der Waals surface area contributed by atoms with Crippen LogP contribution in [0.25, 0.3) is 0 Å². The molecule has 0 spiro atoms. The SMILES string of the molecule is [CH2-]N1CCC(N([CH2-])C)CC1.[CH3-].[V+2].[W]. The van der Waals surface area contributed by atoms with E-state index in [4.69, 9.17) is 0 Å². The zero-order valence-electron chi connectivity index (χ0n) is 8.57. The van der Waals surface area contributed by atoms with Crippen LogP contribution in [0, 0.1) is 21.5 Å². The first-order valence-corrected chi connectivity index (χ1v) is 3.79. The van der Waals surface area contributed by atoms with Crippen LogP contribution in [0.3, 0.4) is 0 Å². The van der Waals surface area contributed by atoms with Gasteiger partial charge in [-0.1, -0.05) is 0 Å². The molecule has 0 N–H and O–H groups in total. The Kier molecular flexibility index (Phi) is 14.8. The Morgan fingerprint density at radius 1 is 1.31 bits per heavy atom. The van der Waals surface area contributed by atoms with E-state index in [0.29, 0.717) is 6.04 Å². The third kappa shape index (κ3) is 7.16. The van der Waals surface area contributed by atoms with Crippen molar-refractivity contribution in [1.29, 1.82) is 0 Å². The monoisotopic (exact) mass is 390 g/mol. The minimum atomic E-state index is 0. The fraction of sp³-hybridized carbons (Fsp3) is 0.667. The van der Waals surface area contributed by atoms with Gasteiger partial charge in [-0.25, -0.2) is 0 Å². The Bertz CT molecular complexity index is 104. The minimum absolute atomic E-state index is 0. The molecule has 1 rings (SSSR count). The van der Waals surface area contributed by atoms with Crippen LogP contribution in [0.5, 0.6) is 0 Å². The first-order chi connectivity index (χ1) is 4.70. The number of rotatable bonds is 1. The summed E-state index contributed by atoms with van der Waals surface area (Å²) in [6, 6.07) is 0.679. The first kappa shape index (κ1) is 19.7. The second-order valence-corrected chi connectivity index (χ2v) is 3.11. The Hall–Kier alpha value is 1.19. The van der Waals surface area contributed by atoms with Crippen molar-refractivity contribution in [2.45, 2.75) is 18.9 Å². The van der Waals surface area contributed by atoms with Crippen LogP contribution < -0.4 is 0 Å². The molecule has 1 saturated heterocycles. The number of likely N-dealkylation sites (tertiary alicyclic amines) is 1. The van der Waals surface area contributed by atoms with Gasteiger partial charge < -0.3 is 17.2 Å². The molecule has 13 heavy (non-hydrogen) atoms. The van der Waals surface area contributed by atoms with Gasteiger partial charge in [-0.3, -0.25) is 14.1 Å². The van der Waals surface area contributed by atoms with E-state index in [9.17, 15) is 0 Å². The topological polar surface area (TPSA) is 6.48 Å². The van der Waals surface area contributed by atoms with E-state index >= 15 is 0 Å². The summed E-state index contributed by atoms with van der Waals surface area (Å²) >= 11 is 0. The third-order valence-electron chi connectivity index (χ3n) is 2.18. The van der Waals surface area contributed by atoms with Crippen molar-refractivity contribution >= 4 is 0 Å². The van der Waals surface area contributed by atoms with Gasteiger partial charge in [0.05, 0.1) is 0 Å². The molecule has 1 aliphatic heterocycles. The van der Waals surface area contributed by atoms with Gasteiger partial charge in [-0.2, -0.15) is 0 Å². The van der Waals surface area contributed by atoms with Gasteiger partial charge in [-0.05, 0) is 39.0 Å². The molecule has 0 bridgehead atoms. The molecule has 0 aromatic rings. The quantitative estimate of drug-likeness (QED) is 0.626. The molecular formula is C9H19N2VW-. The maximum Gasteiger partial charge on any atom is 2.00 e. The number of piperidine rings is 1. The zero-order valence-corrected chi connectivity index (χ0v) is 12.9. The van der Waals surface area contributed by atoms with E-state index < -0.39 is 0 Å². The Morgan fingerprint density at radius 3 is 2.00 bits per heavy atom. The summed E-state index contributed by atoms with van der Waals surface area (Å²) in [6.45, 7) is 2.23. The summed E-state index contributed by atoms with van der Waals surface area (Å²) in [6.07, 6.45) is 2.42. The molecule has 4 heteroatoms. The van der Waals surface area contributed by atoms with Crippen molar-refractivity contribution in [2.75, 3.05) is 20.1 Å². The maximum atomic E-state index is 3.89. The molecule has 77 valence electrons. The van der Waals surface area contributed by atoms with Gasteiger partial charge in [0.1, 0.15) is 0 Å². The van der Waals surface area contributed by atoms with Gasteiger partial charge in [0.25, 0.3) is 0 Å². The van der Waals surface area contributed by atoms with E-state index in [2.05, 4.69) is 23.9 Å². The van der Waals surface area contributed by atoms with Gasteiger partial charge in [0.15, 0.2) is 0 Å². The standard InChI is InChI=1S/C8H16N2.CH3.V.W/c1-9(2)8-4-6-10(3)7-5-8;;;/h8H,1,3-7H2,2H3;1H3;;/q-2;-1;+2;. The fourth-order valence-electron chi connectivity index (χ4n) is 1.36. The minimum Gasteiger partial charge on any atom is -0.459 e. The van der Waals surface area contributed by atoms with E-state index in [0.717, 1.165) is 13.1 Å². The molecule has 1 radical (unpaired) electrons. The molecule has 0 atom stereocenters. The van der Waals surface area contributed by atoms with Gasteiger partial charge in [0.2, 0.25) is 0 Å². The molecule has 1 aliphatic rings. The predicted molar refractivity (Wildman–Crippen MR) is 49.5 cm³/mol. The Balaban J connectivity index is -0.000000333. The van der Waals surface area contributed by atoms with Crippen LogP contribution in [0.4, 0.5) is 0 Å². The number of hydrogen-bond donors (Lipinski definition) is 0. The zero-order chi connectivity index (χ0) is 7.56. The van der Waals surface area contributed by atoms with E-state index in [1.807, 2.05) is 7.05 Å². The molecule has 0 saturated carbocycles. The second kappa shape index (κ2) is 9.74. The van der Waals surface area contributed by atoms with Crippen molar-refractivity contribution in [1.82, 2.24) is 9.80 Å². The van der Waals surface area contributed by atoms with Gasteiger partial charge in [0, 0.05) is 21.1 Å². The van der Waals surface area contributed by atoms with Gasteiger partial charge >= 0.3 is 18.6 Å². The number of hydrogen-bond acceptors (Lipinski definition) is 2. The Morgan fingerprint density at radius 2 is 1.69 bits per heavy atom. The first-order valence-electron chi connectivity index (χ1n) is 3.79. The molecule has 0 unspecified atom stereocenters. The van der Waals surface area contributed by atoms with Gasteiger partial charge in [-0.15, -0.1) is 0 Å². The van der Waals surface area contributed by atoms with Crippen LogP contribution in [0.15, 0.2) is 0 Å². The molecule has 2 nitrogen and oxygen atoms in total. The van der Waals surface area contributed by atoms with Crippen molar-refractivity contribution in [2.24, 2.45) is 0 Å². The largest absolute Gasteiger partial charge is 2.00 e. The van der Waals surface area contributed by atoms with Crippen molar-refractivity contribution < 1.29 is 39.6 Å². The van der Waals surface area contributed by atoms with Crippen LogP contribution in [-0.4, -0.2) is 36.0 Å². The fourth-order valence-corrected chi connectivity index (χ4v) is 1.36. The van der Waals surface area contributed by atoms with E-state index in [1.54, 1.807) is 0 Å². The smallest absolute Gasteiger partial charge is 0.459 e. The molecule has 0 aromatic carbocycles. The molecule has 0 aliphatic carbocycles. The van der Waals surface area contributed by atoms with Crippen LogP contribution in [-0.2, 0) is 39.6 Å². The summed E-state index contributed by atoms with van der Waals surface area (Å²) < 4.78 is 0. The predicted octanol–water partition coefficient (Wildman–Crippen LogP) is 1.41. The summed E-state index contributed by atoms with van der Waals surface area (Å²) in [5.41, 5.74) is 0. The molecule has 0 aromatic heterocycles. The Labute approximate surface area is 110 Å². The van der Waals surface area contributed by atoms with Crippen molar-refractivity contribution in [3.63, 3.8) is 0 Å². The second-order valence-electron chi connectivity index (χ2n) is 3.11. The van der Waals surface area contributed by atoms with Crippen LogP contribution >= 0.6 is 0 Å². The molecule has 1 heterocycles. The third-order valence-corrected chi connectivity index (χ3v) is 2.18.